The zero-order valence-corrected chi connectivity index (χ0v) is 11.9. The van der Waals surface area contributed by atoms with E-state index in [-0.39, 0.29) is 18.5 Å². The number of carbonyl (C=O) groups excluding carboxylic acids is 1. The number of carboxylic acids is 1. The fourth-order valence-electron chi connectivity index (χ4n) is 1.46. The van der Waals surface area contributed by atoms with Gasteiger partial charge in [-0.05, 0) is 12.8 Å². The number of methoxy groups -OCH3 is 1. The molecular formula is C12H24N2O5. The highest BCUT2D eigenvalue weighted by Gasteiger charge is 2.25. The van der Waals surface area contributed by atoms with Crippen molar-refractivity contribution in [3.8, 4) is 0 Å². The minimum Gasteiger partial charge on any atom is -0.481 e. The Balaban J connectivity index is 4.20. The Bertz CT molecular complexity index is 304. The SMILES string of the molecule is COCC(NC(=O)NCC(C)(O)CC(=O)O)C(C)C. The summed E-state index contributed by atoms with van der Waals surface area (Å²) in [6.45, 7) is 5.51. The van der Waals surface area contributed by atoms with E-state index in [2.05, 4.69) is 10.6 Å². The third kappa shape index (κ3) is 8.39. The molecule has 0 rings (SSSR count). The summed E-state index contributed by atoms with van der Waals surface area (Å²) >= 11 is 0. The first kappa shape index (κ1) is 17.7. The lowest BCUT2D eigenvalue weighted by molar-refractivity contribution is -0.141. The average molecular weight is 276 g/mol. The highest BCUT2D eigenvalue weighted by Crippen LogP contribution is 2.07. The quantitative estimate of drug-likeness (QED) is 0.506. The summed E-state index contributed by atoms with van der Waals surface area (Å²) in [5, 5.41) is 23.5. The number of aliphatic carboxylic acids is 1. The van der Waals surface area contributed by atoms with Crippen molar-refractivity contribution in [1.82, 2.24) is 10.6 Å². The van der Waals surface area contributed by atoms with E-state index in [4.69, 9.17) is 9.84 Å². The van der Waals surface area contributed by atoms with E-state index >= 15 is 0 Å². The third-order valence-electron chi connectivity index (χ3n) is 2.63. The molecule has 7 nitrogen and oxygen atoms in total. The Kier molecular flexibility index (Phi) is 7.40. The van der Waals surface area contributed by atoms with Crippen LogP contribution in [-0.2, 0) is 9.53 Å². The maximum atomic E-state index is 11.6. The summed E-state index contributed by atoms with van der Waals surface area (Å²) in [5.74, 6) is -0.920. The largest absolute Gasteiger partial charge is 0.481 e. The zero-order valence-electron chi connectivity index (χ0n) is 11.9. The first-order chi connectivity index (χ1) is 8.68. The smallest absolute Gasteiger partial charge is 0.315 e. The van der Waals surface area contributed by atoms with Gasteiger partial charge in [0.1, 0.15) is 0 Å². The molecule has 0 fully saturated rings. The van der Waals surface area contributed by atoms with Gasteiger partial charge in [0, 0.05) is 13.7 Å². The number of carboxylic acid groups (broad SMARTS) is 1. The van der Waals surface area contributed by atoms with Crippen LogP contribution in [0, 0.1) is 5.92 Å². The molecule has 19 heavy (non-hydrogen) atoms. The molecule has 0 aromatic heterocycles. The van der Waals surface area contributed by atoms with Crippen molar-refractivity contribution in [1.29, 1.82) is 0 Å². The lowest BCUT2D eigenvalue weighted by Gasteiger charge is -2.25. The Morgan fingerprint density at radius 2 is 1.95 bits per heavy atom. The summed E-state index contributed by atoms with van der Waals surface area (Å²) in [5.41, 5.74) is -1.47. The number of rotatable bonds is 8. The van der Waals surface area contributed by atoms with E-state index < -0.39 is 24.0 Å². The van der Waals surface area contributed by atoms with E-state index in [9.17, 15) is 14.7 Å². The Morgan fingerprint density at radius 1 is 1.37 bits per heavy atom. The van der Waals surface area contributed by atoms with Crippen LogP contribution in [0.15, 0.2) is 0 Å². The number of nitrogens with one attached hydrogen (secondary N) is 2. The van der Waals surface area contributed by atoms with Crippen LogP contribution in [0.1, 0.15) is 27.2 Å². The van der Waals surface area contributed by atoms with Crippen LogP contribution in [0.3, 0.4) is 0 Å². The second kappa shape index (κ2) is 7.96. The van der Waals surface area contributed by atoms with Gasteiger partial charge in [-0.3, -0.25) is 4.79 Å². The van der Waals surface area contributed by atoms with Crippen LogP contribution in [0.2, 0.25) is 0 Å². The molecule has 2 amide bonds. The van der Waals surface area contributed by atoms with Crippen molar-refractivity contribution in [2.24, 2.45) is 5.92 Å². The van der Waals surface area contributed by atoms with Crippen LogP contribution in [0.5, 0.6) is 0 Å². The Labute approximate surface area is 113 Å². The number of urea groups is 1. The minimum absolute atomic E-state index is 0.136. The average Bonchev–Trinajstić information content (AvgIpc) is 2.24. The summed E-state index contributed by atoms with van der Waals surface area (Å²) < 4.78 is 4.99. The van der Waals surface area contributed by atoms with E-state index in [1.807, 2.05) is 13.8 Å². The van der Waals surface area contributed by atoms with Crippen LogP contribution >= 0.6 is 0 Å². The van der Waals surface area contributed by atoms with Gasteiger partial charge in [0.15, 0.2) is 0 Å². The molecule has 0 aromatic rings. The maximum absolute atomic E-state index is 11.6. The molecule has 0 aliphatic heterocycles. The first-order valence-corrected chi connectivity index (χ1v) is 6.15. The highest BCUT2D eigenvalue weighted by atomic mass is 16.5. The maximum Gasteiger partial charge on any atom is 0.315 e. The number of carbonyl (C=O) groups is 2. The number of aliphatic hydroxyl groups is 1. The molecule has 7 heteroatoms. The van der Waals surface area contributed by atoms with Crippen molar-refractivity contribution < 1.29 is 24.5 Å². The van der Waals surface area contributed by atoms with E-state index in [1.54, 1.807) is 7.11 Å². The van der Waals surface area contributed by atoms with Crippen LogP contribution in [-0.4, -0.2) is 54.1 Å². The molecule has 4 N–H and O–H groups in total. The summed E-state index contributed by atoms with van der Waals surface area (Å²) in [7, 11) is 1.55. The standard InChI is InChI=1S/C12H24N2O5/c1-8(2)9(6-19-4)14-11(17)13-7-12(3,18)5-10(15)16/h8-9,18H,5-7H2,1-4H3,(H,15,16)(H2,13,14,17). The lowest BCUT2D eigenvalue weighted by atomic mass is 10.0. The fraction of sp³-hybridized carbons (Fsp3) is 0.833. The van der Waals surface area contributed by atoms with Gasteiger partial charge in [-0.1, -0.05) is 13.8 Å². The van der Waals surface area contributed by atoms with Crippen LogP contribution < -0.4 is 10.6 Å². The first-order valence-electron chi connectivity index (χ1n) is 6.15. The van der Waals surface area contributed by atoms with Gasteiger partial charge in [0.25, 0.3) is 0 Å². The topological polar surface area (TPSA) is 108 Å². The molecule has 0 radical (unpaired) electrons. The second-order valence-electron chi connectivity index (χ2n) is 5.20. The lowest BCUT2D eigenvalue weighted by Crippen LogP contribution is -2.50. The van der Waals surface area contributed by atoms with E-state index in [0.717, 1.165) is 0 Å². The van der Waals surface area contributed by atoms with Crippen molar-refractivity contribution >= 4 is 12.0 Å². The van der Waals surface area contributed by atoms with Crippen molar-refractivity contribution in [2.45, 2.75) is 38.8 Å². The number of hydrogen-bond donors (Lipinski definition) is 4. The predicted molar refractivity (Wildman–Crippen MR) is 69.9 cm³/mol. The third-order valence-corrected chi connectivity index (χ3v) is 2.63. The molecule has 0 spiro atoms. The van der Waals surface area contributed by atoms with Gasteiger partial charge in [0.05, 0.1) is 24.7 Å². The fourth-order valence-corrected chi connectivity index (χ4v) is 1.46. The van der Waals surface area contributed by atoms with Gasteiger partial charge < -0.3 is 25.6 Å². The van der Waals surface area contributed by atoms with Gasteiger partial charge in [-0.2, -0.15) is 0 Å². The summed E-state index contributed by atoms with van der Waals surface area (Å²) in [4.78, 5) is 22.1. The number of amides is 2. The van der Waals surface area contributed by atoms with Crippen molar-refractivity contribution in [2.75, 3.05) is 20.3 Å². The number of hydrogen-bond acceptors (Lipinski definition) is 4. The molecule has 112 valence electrons. The number of ether oxygens (including phenoxy) is 1. The molecule has 0 saturated carbocycles. The Hall–Kier alpha value is -1.34. The predicted octanol–water partition coefficient (Wildman–Crippen LogP) is 0.182. The van der Waals surface area contributed by atoms with Crippen molar-refractivity contribution in [3.05, 3.63) is 0 Å². The normalized spacial score (nSPS) is 15.7. The van der Waals surface area contributed by atoms with E-state index in [0.29, 0.717) is 6.61 Å². The molecule has 2 atom stereocenters. The molecule has 2 unspecified atom stereocenters. The van der Waals surface area contributed by atoms with Gasteiger partial charge in [0.2, 0.25) is 0 Å². The van der Waals surface area contributed by atoms with Crippen LogP contribution in [0.4, 0.5) is 4.79 Å². The van der Waals surface area contributed by atoms with Crippen LogP contribution in [0.25, 0.3) is 0 Å². The van der Waals surface area contributed by atoms with E-state index in [1.165, 1.54) is 6.92 Å². The molecular weight excluding hydrogens is 252 g/mol. The zero-order chi connectivity index (χ0) is 15.1. The molecule has 0 bridgehead atoms. The molecule has 0 heterocycles. The van der Waals surface area contributed by atoms with Crippen molar-refractivity contribution in [3.63, 3.8) is 0 Å². The van der Waals surface area contributed by atoms with Gasteiger partial charge in [-0.25, -0.2) is 4.79 Å². The summed E-state index contributed by atoms with van der Waals surface area (Å²) in [6, 6.07) is -0.601. The molecule has 0 aromatic carbocycles. The summed E-state index contributed by atoms with van der Waals surface area (Å²) in [6.07, 6.45) is -0.432. The second-order valence-corrected chi connectivity index (χ2v) is 5.20. The molecule has 0 saturated heterocycles. The molecule has 0 aliphatic carbocycles. The molecule has 0 aliphatic rings. The highest BCUT2D eigenvalue weighted by molar-refractivity contribution is 5.74. The van der Waals surface area contributed by atoms with Gasteiger partial charge in [-0.15, -0.1) is 0 Å². The van der Waals surface area contributed by atoms with Gasteiger partial charge >= 0.3 is 12.0 Å². The minimum atomic E-state index is -1.47. The monoisotopic (exact) mass is 276 g/mol. The Morgan fingerprint density at radius 3 is 2.37 bits per heavy atom.